The predicted molar refractivity (Wildman–Crippen MR) is 128 cm³/mol. The highest BCUT2D eigenvalue weighted by atomic mass is 79.9. The lowest BCUT2D eigenvalue weighted by atomic mass is 10.1. The van der Waals surface area contributed by atoms with Gasteiger partial charge in [0, 0.05) is 10.0 Å². The monoisotopic (exact) mass is 476 g/mol. The summed E-state index contributed by atoms with van der Waals surface area (Å²) in [6.45, 7) is 2.51. The van der Waals surface area contributed by atoms with Gasteiger partial charge in [-0.05, 0) is 73.7 Å². The maximum absolute atomic E-state index is 13.4. The van der Waals surface area contributed by atoms with Crippen molar-refractivity contribution in [3.8, 4) is 17.2 Å². The van der Waals surface area contributed by atoms with E-state index in [2.05, 4.69) is 15.9 Å². The lowest BCUT2D eigenvalue weighted by molar-refractivity contribution is 0.339. The zero-order valence-electron chi connectivity index (χ0n) is 17.2. The Morgan fingerprint density at radius 3 is 2.55 bits per heavy atom. The summed E-state index contributed by atoms with van der Waals surface area (Å²) >= 11 is 3.51. The third-order valence-corrected chi connectivity index (χ3v) is 5.31. The highest BCUT2D eigenvalue weighted by molar-refractivity contribution is 9.10. The first-order valence-electron chi connectivity index (χ1n) is 9.87. The third-order valence-electron chi connectivity index (χ3n) is 4.82. The van der Waals surface area contributed by atoms with Gasteiger partial charge in [-0.25, -0.2) is 4.98 Å². The average Bonchev–Trinajstić information content (AvgIpc) is 2.79. The summed E-state index contributed by atoms with van der Waals surface area (Å²) in [7, 11) is 1.61. The van der Waals surface area contributed by atoms with E-state index >= 15 is 0 Å². The number of nitrogens with zero attached hydrogens (tertiary/aromatic N) is 2. The maximum Gasteiger partial charge on any atom is 0.266 e. The van der Waals surface area contributed by atoms with Crippen LogP contribution in [0.25, 0.3) is 28.7 Å². The second kappa shape index (κ2) is 9.18. The van der Waals surface area contributed by atoms with Gasteiger partial charge in [0.15, 0.2) is 0 Å². The fraction of sp³-hybridized carbons (Fsp3) is 0.120. The number of para-hydroxylation sites is 1. The molecule has 0 fully saturated rings. The number of hydrogen-bond acceptors (Lipinski definition) is 4. The number of benzene rings is 3. The molecule has 4 rings (SSSR count). The molecule has 0 aliphatic carbocycles. The Bertz CT molecular complexity index is 1310. The molecule has 3 aromatic carbocycles. The molecule has 0 unspecified atom stereocenters. The van der Waals surface area contributed by atoms with E-state index in [-0.39, 0.29) is 5.56 Å². The minimum Gasteiger partial charge on any atom is -0.497 e. The number of ether oxygens (including phenoxy) is 2. The Balaban J connectivity index is 1.90. The van der Waals surface area contributed by atoms with Gasteiger partial charge in [-0.15, -0.1) is 0 Å². The molecule has 0 atom stereocenters. The number of fused-ring (bicyclic) bond motifs is 1. The van der Waals surface area contributed by atoms with E-state index in [1.165, 1.54) is 0 Å². The predicted octanol–water partition coefficient (Wildman–Crippen LogP) is 5.73. The summed E-state index contributed by atoms with van der Waals surface area (Å²) in [5.41, 5.74) is 2.12. The van der Waals surface area contributed by atoms with Crippen LogP contribution in [-0.4, -0.2) is 23.3 Å². The van der Waals surface area contributed by atoms with Crippen LogP contribution in [0.4, 0.5) is 0 Å². The van der Waals surface area contributed by atoms with Gasteiger partial charge in [0.25, 0.3) is 5.56 Å². The van der Waals surface area contributed by atoms with Crippen LogP contribution in [0.5, 0.6) is 11.5 Å². The lowest BCUT2D eigenvalue weighted by Gasteiger charge is -2.12. The standard InChI is InChI=1S/C25H21BrN2O3/c1-3-31-23-14-9-18(26)16-17(23)8-15-24-27-22-7-5-4-6-21(22)25(29)28(24)19-10-12-20(30-2)13-11-19/h4-16H,3H2,1-2H3. The van der Waals surface area contributed by atoms with Crippen LogP contribution >= 0.6 is 15.9 Å². The Labute approximate surface area is 188 Å². The summed E-state index contributed by atoms with van der Waals surface area (Å²) in [6.07, 6.45) is 3.74. The molecule has 0 saturated heterocycles. The molecule has 5 nitrogen and oxygen atoms in total. The summed E-state index contributed by atoms with van der Waals surface area (Å²) in [6, 6.07) is 20.5. The molecular formula is C25H21BrN2O3. The summed E-state index contributed by atoms with van der Waals surface area (Å²) < 4.78 is 13.5. The van der Waals surface area contributed by atoms with E-state index in [9.17, 15) is 4.79 Å². The highest BCUT2D eigenvalue weighted by Crippen LogP contribution is 2.26. The number of methoxy groups -OCH3 is 1. The molecular weight excluding hydrogens is 456 g/mol. The number of hydrogen-bond donors (Lipinski definition) is 0. The minimum atomic E-state index is -0.130. The fourth-order valence-corrected chi connectivity index (χ4v) is 3.72. The topological polar surface area (TPSA) is 53.3 Å². The molecule has 0 aliphatic heterocycles. The van der Waals surface area contributed by atoms with Crippen molar-refractivity contribution >= 4 is 39.0 Å². The van der Waals surface area contributed by atoms with Crippen molar-refractivity contribution in [2.75, 3.05) is 13.7 Å². The van der Waals surface area contributed by atoms with Crippen LogP contribution in [0.3, 0.4) is 0 Å². The van der Waals surface area contributed by atoms with Crippen LogP contribution < -0.4 is 15.0 Å². The van der Waals surface area contributed by atoms with E-state index in [1.807, 2.05) is 79.7 Å². The van der Waals surface area contributed by atoms with Crippen LogP contribution in [0.2, 0.25) is 0 Å². The first-order valence-corrected chi connectivity index (χ1v) is 10.7. The quantitative estimate of drug-likeness (QED) is 0.356. The van der Waals surface area contributed by atoms with Gasteiger partial charge >= 0.3 is 0 Å². The Morgan fingerprint density at radius 2 is 1.81 bits per heavy atom. The smallest absolute Gasteiger partial charge is 0.266 e. The average molecular weight is 477 g/mol. The largest absolute Gasteiger partial charge is 0.497 e. The van der Waals surface area contributed by atoms with Crippen LogP contribution in [0.15, 0.2) is 76.0 Å². The van der Waals surface area contributed by atoms with E-state index in [0.717, 1.165) is 21.5 Å². The maximum atomic E-state index is 13.4. The molecule has 0 aliphatic rings. The minimum absolute atomic E-state index is 0.130. The fourth-order valence-electron chi connectivity index (χ4n) is 3.34. The van der Waals surface area contributed by atoms with Crippen molar-refractivity contribution in [1.82, 2.24) is 9.55 Å². The molecule has 1 aromatic heterocycles. The van der Waals surface area contributed by atoms with Gasteiger partial charge < -0.3 is 9.47 Å². The van der Waals surface area contributed by atoms with Gasteiger partial charge in [0.2, 0.25) is 0 Å². The van der Waals surface area contributed by atoms with Crippen molar-refractivity contribution in [3.05, 3.63) is 92.9 Å². The van der Waals surface area contributed by atoms with Gasteiger partial charge in [0.1, 0.15) is 17.3 Å². The number of halogens is 1. The van der Waals surface area contributed by atoms with E-state index in [0.29, 0.717) is 29.0 Å². The molecule has 0 spiro atoms. The second-order valence-corrected chi connectivity index (χ2v) is 7.69. The van der Waals surface area contributed by atoms with Gasteiger partial charge in [0.05, 0.1) is 30.3 Å². The zero-order valence-corrected chi connectivity index (χ0v) is 18.8. The summed E-state index contributed by atoms with van der Waals surface area (Å²) in [5, 5.41) is 0.563. The second-order valence-electron chi connectivity index (χ2n) is 6.77. The molecule has 0 amide bonds. The van der Waals surface area contributed by atoms with Gasteiger partial charge in [-0.1, -0.05) is 28.1 Å². The van der Waals surface area contributed by atoms with Crippen molar-refractivity contribution < 1.29 is 9.47 Å². The lowest BCUT2D eigenvalue weighted by Crippen LogP contribution is -2.22. The van der Waals surface area contributed by atoms with E-state index < -0.39 is 0 Å². The molecule has 31 heavy (non-hydrogen) atoms. The van der Waals surface area contributed by atoms with Crippen molar-refractivity contribution in [3.63, 3.8) is 0 Å². The third kappa shape index (κ3) is 4.39. The van der Waals surface area contributed by atoms with Crippen LogP contribution in [0, 0.1) is 0 Å². The summed E-state index contributed by atoms with van der Waals surface area (Å²) in [4.78, 5) is 18.1. The molecule has 0 radical (unpaired) electrons. The van der Waals surface area contributed by atoms with Crippen molar-refractivity contribution in [2.45, 2.75) is 6.92 Å². The zero-order chi connectivity index (χ0) is 21.8. The van der Waals surface area contributed by atoms with Crippen LogP contribution in [0.1, 0.15) is 18.3 Å². The van der Waals surface area contributed by atoms with E-state index in [1.54, 1.807) is 17.7 Å². The number of aromatic nitrogens is 2. The van der Waals surface area contributed by atoms with Gasteiger partial charge in [-0.3, -0.25) is 9.36 Å². The number of rotatable bonds is 6. The Morgan fingerprint density at radius 1 is 1.03 bits per heavy atom. The van der Waals surface area contributed by atoms with E-state index in [4.69, 9.17) is 14.5 Å². The molecule has 1 heterocycles. The SMILES string of the molecule is CCOc1ccc(Br)cc1C=Cc1nc2ccccc2c(=O)n1-c1ccc(OC)cc1. The molecule has 156 valence electrons. The Kier molecular flexibility index (Phi) is 6.18. The van der Waals surface area contributed by atoms with Crippen molar-refractivity contribution in [1.29, 1.82) is 0 Å². The summed E-state index contributed by atoms with van der Waals surface area (Å²) in [5.74, 6) is 2.01. The highest BCUT2D eigenvalue weighted by Gasteiger charge is 2.11. The molecule has 0 N–H and O–H groups in total. The Hall–Kier alpha value is -3.38. The molecule has 0 saturated carbocycles. The first-order chi connectivity index (χ1) is 15.1. The molecule has 6 heteroatoms. The normalized spacial score (nSPS) is 11.2. The van der Waals surface area contributed by atoms with Crippen LogP contribution in [-0.2, 0) is 0 Å². The first kappa shape index (κ1) is 20.9. The molecule has 0 bridgehead atoms. The van der Waals surface area contributed by atoms with Gasteiger partial charge in [-0.2, -0.15) is 0 Å². The molecule has 4 aromatic rings. The van der Waals surface area contributed by atoms with Crippen molar-refractivity contribution in [2.24, 2.45) is 0 Å².